The minimum Gasteiger partial charge on any atom is -0.493 e. The number of benzene rings is 1. The van der Waals surface area contributed by atoms with Crippen molar-refractivity contribution in [2.24, 2.45) is 0 Å². The second-order valence-corrected chi connectivity index (χ2v) is 4.35. The van der Waals surface area contributed by atoms with Crippen molar-refractivity contribution >= 4 is 11.6 Å². The van der Waals surface area contributed by atoms with E-state index in [9.17, 15) is 5.11 Å². The Labute approximate surface area is 94.8 Å². The summed E-state index contributed by atoms with van der Waals surface area (Å²) in [5.74, 6) is 0.937. The highest BCUT2D eigenvalue weighted by atomic mass is 35.5. The zero-order valence-electron chi connectivity index (χ0n) is 8.79. The van der Waals surface area contributed by atoms with Crippen LogP contribution in [0.4, 0.5) is 0 Å². The van der Waals surface area contributed by atoms with Gasteiger partial charge in [-0.15, -0.1) is 0 Å². The van der Waals surface area contributed by atoms with E-state index in [0.717, 1.165) is 35.8 Å². The highest BCUT2D eigenvalue weighted by molar-refractivity contribution is 6.30. The molecule has 0 radical (unpaired) electrons. The van der Waals surface area contributed by atoms with E-state index in [4.69, 9.17) is 16.3 Å². The molecule has 1 aromatic carbocycles. The summed E-state index contributed by atoms with van der Waals surface area (Å²) in [7, 11) is 0. The monoisotopic (exact) mass is 226 g/mol. The topological polar surface area (TPSA) is 29.5 Å². The second-order valence-electron chi connectivity index (χ2n) is 3.92. The molecule has 1 heterocycles. The summed E-state index contributed by atoms with van der Waals surface area (Å²) in [5.41, 5.74) is 2.20. The van der Waals surface area contributed by atoms with E-state index in [1.54, 1.807) is 0 Å². The first-order valence-corrected chi connectivity index (χ1v) is 5.70. The molecule has 0 spiro atoms. The van der Waals surface area contributed by atoms with Gasteiger partial charge in [-0.05, 0) is 29.7 Å². The summed E-state index contributed by atoms with van der Waals surface area (Å²) < 4.78 is 5.56. The van der Waals surface area contributed by atoms with Crippen molar-refractivity contribution in [3.8, 4) is 5.75 Å². The van der Waals surface area contributed by atoms with Crippen molar-refractivity contribution in [3.05, 3.63) is 28.3 Å². The lowest BCUT2D eigenvalue weighted by Gasteiger charge is -2.12. The second kappa shape index (κ2) is 4.42. The Bertz CT molecular complexity index is 363. The van der Waals surface area contributed by atoms with Gasteiger partial charge >= 0.3 is 0 Å². The Hall–Kier alpha value is -0.730. The highest BCUT2D eigenvalue weighted by Crippen LogP contribution is 2.33. The normalized spacial score (nSPS) is 15.9. The largest absolute Gasteiger partial charge is 0.493 e. The van der Waals surface area contributed by atoms with Crippen molar-refractivity contribution in [2.75, 3.05) is 6.61 Å². The van der Waals surface area contributed by atoms with Crippen LogP contribution in [0.2, 0.25) is 5.02 Å². The van der Waals surface area contributed by atoms with Crippen LogP contribution in [-0.4, -0.2) is 17.8 Å². The smallest absolute Gasteiger partial charge is 0.126 e. The SMILES string of the molecule is CCC(O)Cc1cc(Cl)cc2c1OCC2. The Morgan fingerprint density at radius 2 is 2.33 bits per heavy atom. The summed E-state index contributed by atoms with van der Waals surface area (Å²) in [6.45, 7) is 2.70. The van der Waals surface area contributed by atoms with E-state index >= 15 is 0 Å². The molecule has 1 unspecified atom stereocenters. The molecule has 2 nitrogen and oxygen atoms in total. The molecule has 0 saturated heterocycles. The fraction of sp³-hybridized carbons (Fsp3) is 0.500. The van der Waals surface area contributed by atoms with Gasteiger partial charge in [0.2, 0.25) is 0 Å². The van der Waals surface area contributed by atoms with E-state index in [1.165, 1.54) is 5.56 Å². The molecule has 0 amide bonds. The van der Waals surface area contributed by atoms with Crippen molar-refractivity contribution in [1.82, 2.24) is 0 Å². The van der Waals surface area contributed by atoms with Gasteiger partial charge in [0.1, 0.15) is 5.75 Å². The Kier molecular flexibility index (Phi) is 3.17. The van der Waals surface area contributed by atoms with Crippen molar-refractivity contribution in [1.29, 1.82) is 0 Å². The molecule has 0 fully saturated rings. The van der Waals surface area contributed by atoms with Crippen molar-refractivity contribution < 1.29 is 9.84 Å². The zero-order chi connectivity index (χ0) is 10.8. The molecule has 1 atom stereocenters. The van der Waals surface area contributed by atoms with E-state index in [0.29, 0.717) is 6.42 Å². The number of hydrogen-bond donors (Lipinski definition) is 1. The molecule has 1 N–H and O–H groups in total. The van der Waals surface area contributed by atoms with Crippen LogP contribution in [0.15, 0.2) is 12.1 Å². The van der Waals surface area contributed by atoms with Gasteiger partial charge in [-0.1, -0.05) is 18.5 Å². The van der Waals surface area contributed by atoms with Crippen LogP contribution in [0, 0.1) is 0 Å². The Morgan fingerprint density at radius 1 is 1.53 bits per heavy atom. The van der Waals surface area contributed by atoms with Crippen LogP contribution in [0.3, 0.4) is 0 Å². The molecule has 3 heteroatoms. The molecular weight excluding hydrogens is 212 g/mol. The van der Waals surface area contributed by atoms with E-state index in [2.05, 4.69) is 0 Å². The number of aliphatic hydroxyl groups excluding tert-OH is 1. The third kappa shape index (κ3) is 2.27. The summed E-state index contributed by atoms with van der Waals surface area (Å²) in [6, 6.07) is 3.84. The van der Waals surface area contributed by atoms with Crippen LogP contribution in [0.1, 0.15) is 24.5 Å². The molecule has 0 aromatic heterocycles. The molecule has 0 aliphatic carbocycles. The lowest BCUT2D eigenvalue weighted by molar-refractivity contribution is 0.169. The fourth-order valence-electron chi connectivity index (χ4n) is 1.90. The minimum atomic E-state index is -0.309. The highest BCUT2D eigenvalue weighted by Gasteiger charge is 2.18. The van der Waals surface area contributed by atoms with Crippen LogP contribution < -0.4 is 4.74 Å². The molecule has 0 saturated carbocycles. The molecule has 15 heavy (non-hydrogen) atoms. The summed E-state index contributed by atoms with van der Waals surface area (Å²) in [4.78, 5) is 0. The van der Waals surface area contributed by atoms with Crippen molar-refractivity contribution in [3.63, 3.8) is 0 Å². The van der Waals surface area contributed by atoms with Crippen molar-refractivity contribution in [2.45, 2.75) is 32.3 Å². The van der Waals surface area contributed by atoms with Gasteiger partial charge in [-0.2, -0.15) is 0 Å². The predicted octanol–water partition coefficient (Wildman–Crippen LogP) is 2.59. The molecule has 0 bridgehead atoms. The average molecular weight is 227 g/mol. The molecule has 1 aliphatic rings. The lowest BCUT2D eigenvalue weighted by Crippen LogP contribution is -2.09. The maximum atomic E-state index is 9.63. The van der Waals surface area contributed by atoms with Gasteiger partial charge in [-0.3, -0.25) is 0 Å². The molecule has 82 valence electrons. The minimum absolute atomic E-state index is 0.309. The van der Waals surface area contributed by atoms with E-state index in [-0.39, 0.29) is 6.10 Å². The van der Waals surface area contributed by atoms with Gasteiger partial charge in [0, 0.05) is 17.9 Å². The van der Waals surface area contributed by atoms with Crippen LogP contribution in [0.5, 0.6) is 5.75 Å². The average Bonchev–Trinajstić information content (AvgIpc) is 2.65. The summed E-state index contributed by atoms with van der Waals surface area (Å²) >= 11 is 6.02. The number of hydrogen-bond acceptors (Lipinski definition) is 2. The maximum absolute atomic E-state index is 9.63. The van der Waals surface area contributed by atoms with Crippen LogP contribution >= 0.6 is 11.6 Å². The predicted molar refractivity (Wildman–Crippen MR) is 60.7 cm³/mol. The fourth-order valence-corrected chi connectivity index (χ4v) is 2.16. The third-order valence-corrected chi connectivity index (χ3v) is 2.97. The number of halogens is 1. The maximum Gasteiger partial charge on any atom is 0.126 e. The van der Waals surface area contributed by atoms with Gasteiger partial charge in [0.05, 0.1) is 12.7 Å². The molecular formula is C12H15ClO2. The molecule has 2 rings (SSSR count). The van der Waals surface area contributed by atoms with E-state index < -0.39 is 0 Å². The zero-order valence-corrected chi connectivity index (χ0v) is 9.55. The van der Waals surface area contributed by atoms with Gasteiger partial charge in [0.15, 0.2) is 0 Å². The first kappa shape index (κ1) is 10.8. The van der Waals surface area contributed by atoms with Crippen LogP contribution in [-0.2, 0) is 12.8 Å². The third-order valence-electron chi connectivity index (χ3n) is 2.75. The Morgan fingerprint density at radius 3 is 3.07 bits per heavy atom. The Balaban J connectivity index is 2.30. The van der Waals surface area contributed by atoms with Gasteiger partial charge in [0.25, 0.3) is 0 Å². The lowest BCUT2D eigenvalue weighted by atomic mass is 10.0. The number of aliphatic hydroxyl groups is 1. The first-order valence-electron chi connectivity index (χ1n) is 5.33. The number of ether oxygens (including phenoxy) is 1. The molecule has 1 aromatic rings. The van der Waals surface area contributed by atoms with Gasteiger partial charge < -0.3 is 9.84 Å². The van der Waals surface area contributed by atoms with Gasteiger partial charge in [-0.25, -0.2) is 0 Å². The standard InChI is InChI=1S/C12H15ClO2/c1-2-11(14)7-9-6-10(13)5-8-3-4-15-12(8)9/h5-6,11,14H,2-4,7H2,1H3. The molecule has 1 aliphatic heterocycles. The number of fused-ring (bicyclic) bond motifs is 1. The number of rotatable bonds is 3. The van der Waals surface area contributed by atoms with E-state index in [1.807, 2.05) is 19.1 Å². The summed E-state index contributed by atoms with van der Waals surface area (Å²) in [5, 5.41) is 10.4. The quantitative estimate of drug-likeness (QED) is 0.859. The summed E-state index contributed by atoms with van der Waals surface area (Å²) in [6.07, 6.45) is 1.99. The first-order chi connectivity index (χ1) is 7.20. The van der Waals surface area contributed by atoms with Crippen LogP contribution in [0.25, 0.3) is 0 Å².